The minimum absolute atomic E-state index is 0.256. The summed E-state index contributed by atoms with van der Waals surface area (Å²) >= 11 is 6.07. The predicted molar refractivity (Wildman–Crippen MR) is 82.2 cm³/mol. The number of methoxy groups -OCH3 is 1. The first-order chi connectivity index (χ1) is 10.5. The van der Waals surface area contributed by atoms with Crippen molar-refractivity contribution >= 4 is 28.2 Å². The Bertz CT molecular complexity index is 767. The van der Waals surface area contributed by atoms with E-state index in [9.17, 15) is 9.00 Å². The summed E-state index contributed by atoms with van der Waals surface area (Å²) in [6.07, 6.45) is 4.89. The largest absolute Gasteiger partial charge is 0.494 e. The number of ether oxygens (including phenoxy) is 1. The van der Waals surface area contributed by atoms with E-state index in [1.54, 1.807) is 12.1 Å². The van der Waals surface area contributed by atoms with Crippen LogP contribution in [0.4, 0.5) is 0 Å². The van der Waals surface area contributed by atoms with E-state index in [1.165, 1.54) is 19.6 Å². The molecule has 1 aromatic carbocycles. The maximum Gasteiger partial charge on any atom is 0.199 e. The minimum Gasteiger partial charge on any atom is -0.494 e. The van der Waals surface area contributed by atoms with Crippen molar-refractivity contribution in [2.24, 2.45) is 0 Å². The van der Waals surface area contributed by atoms with E-state index in [4.69, 9.17) is 20.9 Å². The van der Waals surface area contributed by atoms with Crippen LogP contribution in [0.2, 0.25) is 5.02 Å². The van der Waals surface area contributed by atoms with Crippen molar-refractivity contribution in [1.82, 2.24) is 5.16 Å². The molecule has 1 fully saturated rings. The summed E-state index contributed by atoms with van der Waals surface area (Å²) in [5, 5.41) is 4.05. The lowest BCUT2D eigenvalue weighted by Gasteiger charge is -2.12. The highest BCUT2D eigenvalue weighted by Gasteiger charge is 2.34. The average Bonchev–Trinajstić information content (AvgIpc) is 3.23. The third-order valence-electron chi connectivity index (χ3n) is 3.59. The van der Waals surface area contributed by atoms with Gasteiger partial charge in [0.25, 0.3) is 0 Å². The number of carbonyl (C=O) groups is 1. The molecule has 0 bridgehead atoms. The summed E-state index contributed by atoms with van der Waals surface area (Å²) < 4.78 is 22.5. The van der Waals surface area contributed by atoms with Crippen LogP contribution < -0.4 is 4.74 Å². The Kier molecular flexibility index (Phi) is 4.06. The highest BCUT2D eigenvalue weighted by molar-refractivity contribution is 7.84. The molecule has 7 heteroatoms. The Morgan fingerprint density at radius 3 is 2.73 bits per heavy atom. The van der Waals surface area contributed by atoms with Crippen molar-refractivity contribution in [3.05, 3.63) is 40.2 Å². The van der Waals surface area contributed by atoms with E-state index >= 15 is 0 Å². The van der Waals surface area contributed by atoms with Gasteiger partial charge >= 0.3 is 0 Å². The first-order valence-electron chi connectivity index (χ1n) is 6.73. The number of rotatable bonds is 5. The molecule has 0 radical (unpaired) electrons. The minimum atomic E-state index is -1.43. The van der Waals surface area contributed by atoms with Crippen LogP contribution in [0.1, 0.15) is 40.4 Å². The van der Waals surface area contributed by atoms with Gasteiger partial charge in [-0.2, -0.15) is 0 Å². The Morgan fingerprint density at radius 1 is 1.41 bits per heavy atom. The average molecular weight is 340 g/mol. The monoisotopic (exact) mass is 339 g/mol. The number of halogens is 1. The Morgan fingerprint density at radius 2 is 2.14 bits per heavy atom. The summed E-state index contributed by atoms with van der Waals surface area (Å²) in [5.74, 6) is 0.846. The lowest BCUT2D eigenvalue weighted by atomic mass is 10.0. The Labute approximate surface area is 135 Å². The molecule has 0 saturated heterocycles. The number of nitrogens with zero attached hydrogens (tertiary/aromatic N) is 1. The third-order valence-corrected chi connectivity index (χ3v) is 4.87. The Balaban J connectivity index is 2.13. The van der Waals surface area contributed by atoms with Crippen LogP contribution in [-0.4, -0.2) is 28.5 Å². The van der Waals surface area contributed by atoms with Gasteiger partial charge in [-0.3, -0.25) is 9.00 Å². The van der Waals surface area contributed by atoms with Crippen LogP contribution in [0, 0.1) is 0 Å². The lowest BCUT2D eigenvalue weighted by Crippen LogP contribution is -2.09. The lowest BCUT2D eigenvalue weighted by molar-refractivity contribution is 0.103. The van der Waals surface area contributed by atoms with Gasteiger partial charge in [0.15, 0.2) is 17.3 Å². The van der Waals surface area contributed by atoms with Crippen LogP contribution in [0.3, 0.4) is 0 Å². The number of hydrogen-bond acceptors (Lipinski definition) is 5. The number of carbonyl (C=O) groups excluding carboxylic acids is 1. The second-order valence-corrected chi connectivity index (χ2v) is 6.84. The van der Waals surface area contributed by atoms with Gasteiger partial charge in [-0.25, -0.2) is 0 Å². The molecular weight excluding hydrogens is 326 g/mol. The van der Waals surface area contributed by atoms with E-state index in [0.717, 1.165) is 12.8 Å². The molecule has 22 heavy (non-hydrogen) atoms. The maximum atomic E-state index is 12.8. The SMILES string of the molecule is COc1c(Cl)ccc(C(=O)c2cnoc2C2CC2)c1S(C)=O. The quantitative estimate of drug-likeness (QED) is 0.782. The molecular formula is C15H14ClNO4S. The molecule has 1 saturated carbocycles. The van der Waals surface area contributed by atoms with Crippen molar-refractivity contribution in [2.45, 2.75) is 23.7 Å². The van der Waals surface area contributed by atoms with E-state index < -0.39 is 10.8 Å². The second-order valence-electron chi connectivity index (χ2n) is 5.12. The molecule has 1 aliphatic rings. The zero-order valence-electron chi connectivity index (χ0n) is 12.1. The maximum absolute atomic E-state index is 12.8. The number of ketones is 1. The molecule has 5 nitrogen and oxygen atoms in total. The zero-order valence-corrected chi connectivity index (χ0v) is 13.7. The smallest absolute Gasteiger partial charge is 0.199 e. The first-order valence-corrected chi connectivity index (χ1v) is 8.67. The first kappa shape index (κ1) is 15.2. The summed E-state index contributed by atoms with van der Waals surface area (Å²) in [7, 11) is 0.00401. The number of hydrogen-bond donors (Lipinski definition) is 0. The van der Waals surface area contributed by atoms with Crippen molar-refractivity contribution in [2.75, 3.05) is 13.4 Å². The molecule has 1 aliphatic carbocycles. The van der Waals surface area contributed by atoms with E-state index in [0.29, 0.717) is 26.8 Å². The van der Waals surface area contributed by atoms with Gasteiger partial charge in [0, 0.05) is 17.7 Å². The summed E-state index contributed by atoms with van der Waals surface area (Å²) in [6, 6.07) is 3.13. The third kappa shape index (κ3) is 2.57. The highest BCUT2D eigenvalue weighted by atomic mass is 35.5. The molecule has 116 valence electrons. The van der Waals surface area contributed by atoms with Crippen molar-refractivity contribution in [3.63, 3.8) is 0 Å². The summed E-state index contributed by atoms with van der Waals surface area (Å²) in [5.41, 5.74) is 0.714. The highest BCUT2D eigenvalue weighted by Crippen LogP contribution is 2.42. The van der Waals surface area contributed by atoms with Crippen LogP contribution >= 0.6 is 11.6 Å². The molecule has 1 heterocycles. The van der Waals surface area contributed by atoms with Crippen molar-refractivity contribution in [1.29, 1.82) is 0 Å². The van der Waals surface area contributed by atoms with Gasteiger partial charge in [-0.15, -0.1) is 0 Å². The van der Waals surface area contributed by atoms with E-state index in [2.05, 4.69) is 5.16 Å². The summed E-state index contributed by atoms with van der Waals surface area (Å²) in [4.78, 5) is 13.1. The molecule has 0 spiro atoms. The van der Waals surface area contributed by atoms with E-state index in [-0.39, 0.29) is 17.5 Å². The van der Waals surface area contributed by atoms with Crippen molar-refractivity contribution < 1.29 is 18.3 Å². The fraction of sp³-hybridized carbons (Fsp3) is 0.333. The molecule has 0 N–H and O–H groups in total. The van der Waals surface area contributed by atoms with Crippen LogP contribution in [-0.2, 0) is 10.8 Å². The zero-order chi connectivity index (χ0) is 15.9. The van der Waals surface area contributed by atoms with E-state index in [1.807, 2.05) is 0 Å². The fourth-order valence-electron chi connectivity index (χ4n) is 2.40. The summed E-state index contributed by atoms with van der Waals surface area (Å²) in [6.45, 7) is 0. The van der Waals surface area contributed by atoms with Crippen LogP contribution in [0.15, 0.2) is 27.7 Å². The topological polar surface area (TPSA) is 69.4 Å². The molecule has 0 amide bonds. The molecule has 3 rings (SSSR count). The number of benzene rings is 1. The van der Waals surface area contributed by atoms with Gasteiger partial charge in [0.1, 0.15) is 0 Å². The number of aromatic nitrogens is 1. The normalized spacial score (nSPS) is 15.6. The van der Waals surface area contributed by atoms with Gasteiger partial charge in [0.05, 0.1) is 39.6 Å². The standard InChI is InChI=1S/C15H14ClNO4S/c1-20-14-11(16)6-5-9(15(14)22(2)19)12(18)10-7-17-21-13(10)8-3-4-8/h5-8H,3-4H2,1-2H3. The van der Waals surface area contributed by atoms with Crippen LogP contribution in [0.25, 0.3) is 0 Å². The van der Waals surface area contributed by atoms with Crippen LogP contribution in [0.5, 0.6) is 5.75 Å². The van der Waals surface area contributed by atoms with Gasteiger partial charge in [-0.1, -0.05) is 16.8 Å². The molecule has 0 aliphatic heterocycles. The van der Waals surface area contributed by atoms with Gasteiger partial charge < -0.3 is 9.26 Å². The second kappa shape index (κ2) is 5.85. The fourth-order valence-corrected chi connectivity index (χ4v) is 3.61. The molecule has 2 aromatic rings. The molecule has 1 aromatic heterocycles. The van der Waals surface area contributed by atoms with Gasteiger partial charge in [0.2, 0.25) is 0 Å². The molecule has 1 unspecified atom stereocenters. The Hall–Kier alpha value is -1.66. The molecule has 1 atom stereocenters. The van der Waals surface area contributed by atoms with Gasteiger partial charge in [-0.05, 0) is 25.0 Å². The predicted octanol–water partition coefficient (Wildman–Crippen LogP) is 3.18. The van der Waals surface area contributed by atoms with Crippen molar-refractivity contribution in [3.8, 4) is 5.75 Å².